The Kier molecular flexibility index (Phi) is 4.01. The third kappa shape index (κ3) is 2.70. The number of rotatable bonds is 3. The summed E-state index contributed by atoms with van der Waals surface area (Å²) < 4.78 is 1.05. The van der Waals surface area contributed by atoms with Crippen LogP contribution in [0, 0.1) is 6.92 Å². The van der Waals surface area contributed by atoms with Crippen molar-refractivity contribution in [2.45, 2.75) is 13.0 Å². The van der Waals surface area contributed by atoms with Crippen LogP contribution in [-0.2, 0) is 0 Å². The number of halogens is 1. The van der Waals surface area contributed by atoms with Crippen molar-refractivity contribution in [3.63, 3.8) is 0 Å². The molecule has 0 radical (unpaired) electrons. The van der Waals surface area contributed by atoms with E-state index >= 15 is 0 Å². The predicted molar refractivity (Wildman–Crippen MR) is 89.8 cm³/mol. The quantitative estimate of drug-likeness (QED) is 0.561. The largest absolute Gasteiger partial charge is 0.271 e. The molecular formula is C17H16BrN3. The second-order valence-electron chi connectivity index (χ2n) is 5.04. The van der Waals surface area contributed by atoms with Gasteiger partial charge in [-0.2, -0.15) is 0 Å². The normalized spacial score (nSPS) is 12.5. The highest BCUT2D eigenvalue weighted by Gasteiger charge is 2.17. The van der Waals surface area contributed by atoms with Crippen LogP contribution in [0.25, 0.3) is 10.9 Å². The van der Waals surface area contributed by atoms with E-state index in [1.165, 1.54) is 5.56 Å². The minimum absolute atomic E-state index is 0.0899. The summed E-state index contributed by atoms with van der Waals surface area (Å²) in [7, 11) is 0. The van der Waals surface area contributed by atoms with Crippen LogP contribution in [0.15, 0.2) is 59.2 Å². The predicted octanol–water partition coefficient (Wildman–Crippen LogP) is 3.86. The number of pyridine rings is 1. The van der Waals surface area contributed by atoms with Crippen LogP contribution < -0.4 is 11.3 Å². The first kappa shape index (κ1) is 14.2. The molecule has 3 rings (SSSR count). The second kappa shape index (κ2) is 5.93. The third-order valence-corrected chi connectivity index (χ3v) is 4.31. The molecule has 106 valence electrons. The summed E-state index contributed by atoms with van der Waals surface area (Å²) in [5.41, 5.74) is 7.34. The van der Waals surface area contributed by atoms with Gasteiger partial charge in [0, 0.05) is 16.1 Å². The van der Waals surface area contributed by atoms with Gasteiger partial charge in [0.15, 0.2) is 0 Å². The fourth-order valence-corrected chi connectivity index (χ4v) is 3.31. The maximum Gasteiger partial charge on any atom is 0.0727 e. The first-order valence-corrected chi connectivity index (χ1v) is 7.56. The van der Waals surface area contributed by atoms with Crippen molar-refractivity contribution in [1.29, 1.82) is 0 Å². The number of nitrogens with one attached hydrogen (secondary N) is 1. The fraction of sp³-hybridized carbons (Fsp3) is 0.118. The number of fused-ring (bicyclic) bond motifs is 1. The molecule has 21 heavy (non-hydrogen) atoms. The van der Waals surface area contributed by atoms with Gasteiger partial charge in [0.1, 0.15) is 0 Å². The van der Waals surface area contributed by atoms with Gasteiger partial charge in [-0.1, -0.05) is 46.3 Å². The Morgan fingerprint density at radius 2 is 1.95 bits per heavy atom. The van der Waals surface area contributed by atoms with Crippen LogP contribution in [0.3, 0.4) is 0 Å². The molecule has 0 aliphatic carbocycles. The van der Waals surface area contributed by atoms with E-state index in [0.717, 1.165) is 26.5 Å². The zero-order valence-electron chi connectivity index (χ0n) is 11.7. The number of hydrazine groups is 1. The lowest BCUT2D eigenvalue weighted by Crippen LogP contribution is -2.29. The van der Waals surface area contributed by atoms with Gasteiger partial charge < -0.3 is 0 Å². The van der Waals surface area contributed by atoms with Gasteiger partial charge >= 0.3 is 0 Å². The average Bonchev–Trinajstić information content (AvgIpc) is 2.50. The fourth-order valence-electron chi connectivity index (χ4n) is 2.59. The summed E-state index contributed by atoms with van der Waals surface area (Å²) in [6, 6.07) is 16.3. The van der Waals surface area contributed by atoms with Crippen molar-refractivity contribution in [1.82, 2.24) is 10.4 Å². The van der Waals surface area contributed by atoms with Crippen molar-refractivity contribution < 1.29 is 0 Å². The van der Waals surface area contributed by atoms with E-state index in [2.05, 4.69) is 63.6 Å². The lowest BCUT2D eigenvalue weighted by atomic mass is 9.95. The van der Waals surface area contributed by atoms with E-state index in [1.807, 2.05) is 18.2 Å². The monoisotopic (exact) mass is 341 g/mol. The molecular weight excluding hydrogens is 326 g/mol. The molecule has 4 heteroatoms. The maximum atomic E-state index is 5.84. The number of hydrogen-bond acceptors (Lipinski definition) is 3. The third-order valence-electron chi connectivity index (χ3n) is 3.62. The van der Waals surface area contributed by atoms with Crippen molar-refractivity contribution in [3.8, 4) is 0 Å². The van der Waals surface area contributed by atoms with E-state index in [-0.39, 0.29) is 6.04 Å². The van der Waals surface area contributed by atoms with Crippen molar-refractivity contribution in [2.24, 2.45) is 5.84 Å². The molecule has 0 spiro atoms. The molecule has 2 aromatic carbocycles. The molecule has 0 bridgehead atoms. The lowest BCUT2D eigenvalue weighted by molar-refractivity contribution is 0.638. The molecule has 0 aliphatic rings. The zero-order chi connectivity index (χ0) is 14.8. The molecule has 0 aliphatic heterocycles. The van der Waals surface area contributed by atoms with Crippen LogP contribution in [0.2, 0.25) is 0 Å². The van der Waals surface area contributed by atoms with Gasteiger partial charge in [-0.25, -0.2) is 5.43 Å². The molecule has 3 nitrogen and oxygen atoms in total. The summed E-state index contributed by atoms with van der Waals surface area (Å²) in [4.78, 5) is 4.41. The SMILES string of the molecule is Cc1ccc(C(NN)c2cccc3ncccc23)c(Br)c1. The molecule has 1 heterocycles. The van der Waals surface area contributed by atoms with Crippen LogP contribution >= 0.6 is 15.9 Å². The molecule has 0 amide bonds. The Labute approximate surface area is 132 Å². The van der Waals surface area contributed by atoms with Gasteiger partial charge in [0.2, 0.25) is 0 Å². The van der Waals surface area contributed by atoms with Crippen LogP contribution in [0.4, 0.5) is 0 Å². The topological polar surface area (TPSA) is 50.9 Å². The standard InChI is InChI=1S/C17H16BrN3/c1-11-7-8-14(15(18)10-11)17(21-19)13-4-2-6-16-12(13)5-3-9-20-16/h2-10,17,21H,19H2,1H3. The molecule has 0 saturated carbocycles. The highest BCUT2D eigenvalue weighted by Crippen LogP contribution is 2.32. The number of aromatic nitrogens is 1. The molecule has 1 unspecified atom stereocenters. The van der Waals surface area contributed by atoms with Crippen LogP contribution in [-0.4, -0.2) is 4.98 Å². The zero-order valence-corrected chi connectivity index (χ0v) is 13.3. The van der Waals surface area contributed by atoms with E-state index in [0.29, 0.717) is 0 Å². The highest BCUT2D eigenvalue weighted by atomic mass is 79.9. The minimum Gasteiger partial charge on any atom is -0.271 e. The summed E-state index contributed by atoms with van der Waals surface area (Å²) in [6.07, 6.45) is 1.80. The summed E-state index contributed by atoms with van der Waals surface area (Å²) in [5.74, 6) is 5.84. The number of aryl methyl sites for hydroxylation is 1. The van der Waals surface area contributed by atoms with Gasteiger partial charge in [-0.15, -0.1) is 0 Å². The van der Waals surface area contributed by atoms with Crippen LogP contribution in [0.1, 0.15) is 22.7 Å². The van der Waals surface area contributed by atoms with E-state index in [4.69, 9.17) is 5.84 Å². The van der Waals surface area contributed by atoms with E-state index in [1.54, 1.807) is 6.20 Å². The number of nitrogens with two attached hydrogens (primary N) is 1. The van der Waals surface area contributed by atoms with Gasteiger partial charge in [-0.05, 0) is 41.8 Å². The molecule has 0 fully saturated rings. The Bertz CT molecular complexity index is 781. The Morgan fingerprint density at radius 1 is 1.10 bits per heavy atom. The Balaban J connectivity index is 2.18. The maximum absolute atomic E-state index is 5.84. The summed E-state index contributed by atoms with van der Waals surface area (Å²) in [5, 5.41) is 1.11. The van der Waals surface area contributed by atoms with Crippen LogP contribution in [0.5, 0.6) is 0 Å². The number of benzene rings is 2. The average molecular weight is 342 g/mol. The smallest absolute Gasteiger partial charge is 0.0727 e. The van der Waals surface area contributed by atoms with Crippen molar-refractivity contribution in [3.05, 3.63) is 75.9 Å². The molecule has 3 N–H and O–H groups in total. The Morgan fingerprint density at radius 3 is 2.71 bits per heavy atom. The minimum atomic E-state index is -0.0899. The Hall–Kier alpha value is -1.75. The van der Waals surface area contributed by atoms with E-state index in [9.17, 15) is 0 Å². The van der Waals surface area contributed by atoms with Gasteiger partial charge in [0.05, 0.1) is 11.6 Å². The molecule has 0 saturated heterocycles. The lowest BCUT2D eigenvalue weighted by Gasteiger charge is -2.20. The van der Waals surface area contributed by atoms with Gasteiger partial charge in [-0.3, -0.25) is 10.8 Å². The van der Waals surface area contributed by atoms with Gasteiger partial charge in [0.25, 0.3) is 0 Å². The summed E-state index contributed by atoms with van der Waals surface area (Å²) >= 11 is 3.64. The summed E-state index contributed by atoms with van der Waals surface area (Å²) in [6.45, 7) is 2.07. The number of nitrogens with zero attached hydrogens (tertiary/aromatic N) is 1. The number of hydrogen-bond donors (Lipinski definition) is 2. The molecule has 3 aromatic rings. The highest BCUT2D eigenvalue weighted by molar-refractivity contribution is 9.10. The van der Waals surface area contributed by atoms with Crippen molar-refractivity contribution in [2.75, 3.05) is 0 Å². The first-order chi connectivity index (χ1) is 10.2. The first-order valence-electron chi connectivity index (χ1n) is 6.76. The molecule has 1 atom stereocenters. The van der Waals surface area contributed by atoms with Crippen molar-refractivity contribution >= 4 is 26.8 Å². The van der Waals surface area contributed by atoms with E-state index < -0.39 is 0 Å². The second-order valence-corrected chi connectivity index (χ2v) is 5.90. The molecule has 1 aromatic heterocycles.